The Kier molecular flexibility index (Phi) is 6.52. The minimum absolute atomic E-state index is 0.0761. The maximum absolute atomic E-state index is 11.8. The zero-order valence-corrected chi connectivity index (χ0v) is 12.1. The first-order chi connectivity index (χ1) is 9.02. The molecule has 1 atom stereocenters. The van der Waals surface area contributed by atoms with E-state index in [0.717, 1.165) is 4.88 Å². The number of likely N-dealkylation sites (N-methyl/N-ethyl adjacent to an activating group) is 1. The van der Waals surface area contributed by atoms with Crippen molar-refractivity contribution in [3.05, 3.63) is 22.4 Å². The molecule has 1 rings (SSSR count). The number of hydrogen-bond acceptors (Lipinski definition) is 4. The van der Waals surface area contributed by atoms with Crippen molar-refractivity contribution in [3.8, 4) is 0 Å². The molecule has 0 aliphatic rings. The molecule has 0 aromatic carbocycles. The van der Waals surface area contributed by atoms with Gasteiger partial charge in [-0.15, -0.1) is 11.3 Å². The highest BCUT2D eigenvalue weighted by Crippen LogP contribution is 2.07. The van der Waals surface area contributed by atoms with Crippen molar-refractivity contribution in [2.75, 3.05) is 19.6 Å². The van der Waals surface area contributed by atoms with Crippen molar-refractivity contribution in [1.82, 2.24) is 10.2 Å². The van der Waals surface area contributed by atoms with Crippen molar-refractivity contribution < 1.29 is 14.7 Å². The van der Waals surface area contributed by atoms with E-state index in [-0.39, 0.29) is 12.5 Å². The van der Waals surface area contributed by atoms with E-state index in [4.69, 9.17) is 5.11 Å². The first-order valence-corrected chi connectivity index (χ1v) is 7.15. The highest BCUT2D eigenvalue weighted by Gasteiger charge is 2.17. The van der Waals surface area contributed by atoms with E-state index < -0.39 is 11.9 Å². The first kappa shape index (κ1) is 15.7. The average molecular weight is 284 g/mol. The standard InChI is InChI=1S/C13H20N2O3S/c1-3-15(8-10(2)13(17)18)9-12(16)14-7-11-5-4-6-19-11/h4-6,10H,3,7-9H2,1-2H3,(H,14,16)(H,17,18). The molecule has 0 radical (unpaired) electrons. The van der Waals surface area contributed by atoms with Gasteiger partial charge in [0.25, 0.3) is 0 Å². The van der Waals surface area contributed by atoms with Crippen LogP contribution >= 0.6 is 11.3 Å². The third-order valence-corrected chi connectivity index (χ3v) is 3.68. The second kappa shape index (κ2) is 7.91. The van der Waals surface area contributed by atoms with Crippen molar-refractivity contribution in [2.24, 2.45) is 5.92 Å². The van der Waals surface area contributed by atoms with Crippen LogP contribution in [0.15, 0.2) is 17.5 Å². The lowest BCUT2D eigenvalue weighted by atomic mass is 10.1. The summed E-state index contributed by atoms with van der Waals surface area (Å²) in [5.41, 5.74) is 0. The molecule has 0 aliphatic carbocycles. The lowest BCUT2D eigenvalue weighted by Gasteiger charge is -2.21. The van der Waals surface area contributed by atoms with Crippen molar-refractivity contribution in [3.63, 3.8) is 0 Å². The summed E-state index contributed by atoms with van der Waals surface area (Å²) in [6.07, 6.45) is 0. The van der Waals surface area contributed by atoms with Crippen LogP contribution in [0.5, 0.6) is 0 Å². The van der Waals surface area contributed by atoms with Gasteiger partial charge in [-0.3, -0.25) is 14.5 Å². The van der Waals surface area contributed by atoms with Gasteiger partial charge < -0.3 is 10.4 Å². The van der Waals surface area contributed by atoms with Gasteiger partial charge in [-0.05, 0) is 18.0 Å². The summed E-state index contributed by atoms with van der Waals surface area (Å²) in [5.74, 6) is -1.38. The number of carbonyl (C=O) groups is 2. The van der Waals surface area contributed by atoms with Crippen LogP contribution in [0, 0.1) is 5.92 Å². The Morgan fingerprint density at radius 3 is 2.79 bits per heavy atom. The highest BCUT2D eigenvalue weighted by atomic mass is 32.1. The quantitative estimate of drug-likeness (QED) is 0.757. The van der Waals surface area contributed by atoms with Crippen LogP contribution in [0.2, 0.25) is 0 Å². The van der Waals surface area contributed by atoms with E-state index in [2.05, 4.69) is 5.32 Å². The van der Waals surface area contributed by atoms with Gasteiger partial charge in [0.2, 0.25) is 5.91 Å². The van der Waals surface area contributed by atoms with E-state index in [1.807, 2.05) is 29.3 Å². The van der Waals surface area contributed by atoms with Crippen molar-refractivity contribution in [1.29, 1.82) is 0 Å². The Morgan fingerprint density at radius 2 is 2.26 bits per heavy atom. The van der Waals surface area contributed by atoms with Gasteiger partial charge in [-0.2, -0.15) is 0 Å². The van der Waals surface area contributed by atoms with Gasteiger partial charge in [0.05, 0.1) is 19.0 Å². The van der Waals surface area contributed by atoms with Gasteiger partial charge in [-0.25, -0.2) is 0 Å². The molecule has 6 heteroatoms. The molecular weight excluding hydrogens is 264 g/mol. The Morgan fingerprint density at radius 1 is 1.53 bits per heavy atom. The minimum atomic E-state index is -0.836. The topological polar surface area (TPSA) is 69.6 Å². The van der Waals surface area contributed by atoms with Crippen LogP contribution in [-0.2, 0) is 16.1 Å². The molecule has 1 amide bonds. The molecule has 2 N–H and O–H groups in total. The molecule has 5 nitrogen and oxygen atoms in total. The number of hydrogen-bond donors (Lipinski definition) is 2. The fourth-order valence-corrected chi connectivity index (χ4v) is 2.27. The largest absolute Gasteiger partial charge is 0.481 e. The van der Waals surface area contributed by atoms with Crippen molar-refractivity contribution in [2.45, 2.75) is 20.4 Å². The summed E-state index contributed by atoms with van der Waals surface area (Å²) in [5, 5.41) is 13.7. The van der Waals surface area contributed by atoms with E-state index in [9.17, 15) is 9.59 Å². The first-order valence-electron chi connectivity index (χ1n) is 6.27. The van der Waals surface area contributed by atoms with E-state index in [1.165, 1.54) is 0 Å². The smallest absolute Gasteiger partial charge is 0.307 e. The Labute approximate surface area is 117 Å². The highest BCUT2D eigenvalue weighted by molar-refractivity contribution is 7.09. The van der Waals surface area contributed by atoms with Crippen LogP contribution in [0.4, 0.5) is 0 Å². The van der Waals surface area contributed by atoms with E-state index >= 15 is 0 Å². The van der Waals surface area contributed by atoms with Crippen LogP contribution in [0.3, 0.4) is 0 Å². The van der Waals surface area contributed by atoms with Crippen LogP contribution < -0.4 is 5.32 Å². The molecule has 0 saturated heterocycles. The third-order valence-electron chi connectivity index (χ3n) is 2.81. The lowest BCUT2D eigenvalue weighted by molar-refractivity contribution is -0.142. The predicted octanol–water partition coefficient (Wildman–Crippen LogP) is 1.41. The molecule has 1 unspecified atom stereocenters. The minimum Gasteiger partial charge on any atom is -0.481 e. The maximum Gasteiger partial charge on any atom is 0.307 e. The van der Waals surface area contributed by atoms with Gasteiger partial charge in [0.1, 0.15) is 0 Å². The van der Waals surface area contributed by atoms with Gasteiger partial charge >= 0.3 is 5.97 Å². The molecule has 0 saturated carbocycles. The summed E-state index contributed by atoms with van der Waals surface area (Å²) in [6.45, 7) is 5.37. The van der Waals surface area contributed by atoms with E-state index in [0.29, 0.717) is 19.6 Å². The number of carbonyl (C=O) groups excluding carboxylic acids is 1. The SMILES string of the molecule is CCN(CC(=O)NCc1cccs1)CC(C)C(=O)O. The Hall–Kier alpha value is -1.40. The number of nitrogens with zero attached hydrogens (tertiary/aromatic N) is 1. The molecule has 19 heavy (non-hydrogen) atoms. The zero-order valence-electron chi connectivity index (χ0n) is 11.3. The van der Waals surface area contributed by atoms with E-state index in [1.54, 1.807) is 18.3 Å². The number of carboxylic acid groups (broad SMARTS) is 1. The molecule has 1 aromatic rings. The second-order valence-electron chi connectivity index (χ2n) is 4.42. The molecular formula is C13H20N2O3S. The summed E-state index contributed by atoms with van der Waals surface area (Å²) in [4.78, 5) is 25.5. The lowest BCUT2D eigenvalue weighted by Crippen LogP contribution is -2.40. The number of aliphatic carboxylic acids is 1. The average Bonchev–Trinajstić information content (AvgIpc) is 2.88. The molecule has 0 fully saturated rings. The second-order valence-corrected chi connectivity index (χ2v) is 5.46. The summed E-state index contributed by atoms with van der Waals surface area (Å²) in [6, 6.07) is 3.91. The van der Waals surface area contributed by atoms with Crippen LogP contribution in [0.25, 0.3) is 0 Å². The number of thiophene rings is 1. The maximum atomic E-state index is 11.8. The summed E-state index contributed by atoms with van der Waals surface area (Å²) in [7, 11) is 0. The third kappa shape index (κ3) is 5.85. The number of carboxylic acids is 1. The number of nitrogens with one attached hydrogen (secondary N) is 1. The number of rotatable bonds is 8. The predicted molar refractivity (Wildman–Crippen MR) is 75.1 cm³/mol. The van der Waals surface area contributed by atoms with Gasteiger partial charge in [0.15, 0.2) is 0 Å². The Bertz CT molecular complexity index is 406. The molecule has 1 aromatic heterocycles. The van der Waals surface area contributed by atoms with Gasteiger partial charge in [0, 0.05) is 11.4 Å². The van der Waals surface area contributed by atoms with Gasteiger partial charge in [-0.1, -0.05) is 19.9 Å². The normalized spacial score (nSPS) is 12.4. The molecule has 0 bridgehead atoms. The van der Waals surface area contributed by atoms with Crippen molar-refractivity contribution >= 4 is 23.2 Å². The zero-order chi connectivity index (χ0) is 14.3. The van der Waals surface area contributed by atoms with Crippen LogP contribution in [-0.4, -0.2) is 41.5 Å². The molecule has 1 heterocycles. The molecule has 0 spiro atoms. The molecule has 0 aliphatic heterocycles. The summed E-state index contributed by atoms with van der Waals surface area (Å²) < 4.78 is 0. The number of amides is 1. The summed E-state index contributed by atoms with van der Waals surface area (Å²) >= 11 is 1.60. The fourth-order valence-electron chi connectivity index (χ4n) is 1.63. The van der Waals surface area contributed by atoms with Crippen LogP contribution in [0.1, 0.15) is 18.7 Å². The fraction of sp³-hybridized carbons (Fsp3) is 0.538. The Balaban J connectivity index is 2.34. The monoisotopic (exact) mass is 284 g/mol. The molecule has 106 valence electrons.